The molecule has 4 heteroatoms. The molecule has 25 heavy (non-hydrogen) atoms. The maximum atomic E-state index is 12.9. The molecule has 1 aliphatic rings. The van der Waals surface area contributed by atoms with Gasteiger partial charge in [-0.05, 0) is 36.8 Å². The van der Waals surface area contributed by atoms with Crippen LogP contribution in [-0.2, 0) is 9.59 Å². The second kappa shape index (κ2) is 8.50. The molecule has 1 unspecified atom stereocenters. The highest BCUT2D eigenvalue weighted by molar-refractivity contribution is 6.01. The minimum Gasteiger partial charge on any atom is -0.342 e. The van der Waals surface area contributed by atoms with E-state index in [1.54, 1.807) is 0 Å². The third kappa shape index (κ3) is 4.23. The normalized spacial score (nSPS) is 17.4. The van der Waals surface area contributed by atoms with Gasteiger partial charge in [-0.3, -0.25) is 9.59 Å². The molecular weight excluding hydrogens is 312 g/mol. The van der Waals surface area contributed by atoms with E-state index < -0.39 is 0 Å². The van der Waals surface area contributed by atoms with Crippen molar-refractivity contribution >= 4 is 17.5 Å². The molecule has 0 radical (unpaired) electrons. The fourth-order valence-corrected chi connectivity index (χ4v) is 3.74. The van der Waals surface area contributed by atoms with Gasteiger partial charge in [0.05, 0.1) is 5.92 Å². The molecule has 0 aliphatic carbocycles. The van der Waals surface area contributed by atoms with Gasteiger partial charge in [0.2, 0.25) is 11.8 Å². The number of rotatable bonds is 7. The van der Waals surface area contributed by atoms with Gasteiger partial charge in [-0.25, -0.2) is 0 Å². The van der Waals surface area contributed by atoms with E-state index in [0.717, 1.165) is 37.2 Å². The maximum Gasteiger partial charge on any atom is 0.228 e. The quantitative estimate of drug-likeness (QED) is 0.746. The van der Waals surface area contributed by atoms with Crippen molar-refractivity contribution in [3.05, 3.63) is 29.3 Å². The molecule has 1 atom stereocenters. The molecule has 0 aromatic heterocycles. The van der Waals surface area contributed by atoms with Crippen LogP contribution in [0.1, 0.15) is 64.0 Å². The van der Waals surface area contributed by atoms with Crippen LogP contribution in [-0.4, -0.2) is 36.3 Å². The fraction of sp³-hybridized carbons (Fsp3) is 0.619. The predicted molar refractivity (Wildman–Crippen MR) is 103 cm³/mol. The minimum atomic E-state index is -0.217. The first kappa shape index (κ1) is 19.5. The van der Waals surface area contributed by atoms with Crippen LogP contribution >= 0.6 is 0 Å². The third-order valence-corrected chi connectivity index (χ3v) is 4.93. The Hall–Kier alpha value is -1.84. The number of anilines is 1. The van der Waals surface area contributed by atoms with E-state index in [-0.39, 0.29) is 17.7 Å². The molecule has 1 aliphatic heterocycles. The van der Waals surface area contributed by atoms with E-state index in [4.69, 9.17) is 0 Å². The molecule has 2 rings (SSSR count). The number of benzene rings is 1. The maximum absolute atomic E-state index is 12.9. The molecule has 0 bridgehead atoms. The summed E-state index contributed by atoms with van der Waals surface area (Å²) >= 11 is 0. The summed E-state index contributed by atoms with van der Waals surface area (Å²) < 4.78 is 0. The second-order valence-electron chi connectivity index (χ2n) is 7.40. The van der Waals surface area contributed by atoms with Gasteiger partial charge in [0.25, 0.3) is 0 Å². The van der Waals surface area contributed by atoms with Crippen LogP contribution in [0.2, 0.25) is 0 Å². The Labute approximate surface area is 152 Å². The molecule has 2 amide bonds. The van der Waals surface area contributed by atoms with Gasteiger partial charge in [-0.15, -0.1) is 0 Å². The summed E-state index contributed by atoms with van der Waals surface area (Å²) in [5.74, 6) is 0.334. The van der Waals surface area contributed by atoms with Crippen molar-refractivity contribution in [2.24, 2.45) is 5.92 Å². The van der Waals surface area contributed by atoms with Crippen molar-refractivity contribution in [1.29, 1.82) is 0 Å². The molecule has 0 N–H and O–H groups in total. The van der Waals surface area contributed by atoms with E-state index in [2.05, 4.69) is 33.8 Å². The van der Waals surface area contributed by atoms with Crippen LogP contribution in [0.15, 0.2) is 18.2 Å². The van der Waals surface area contributed by atoms with Crippen molar-refractivity contribution in [2.75, 3.05) is 24.5 Å². The van der Waals surface area contributed by atoms with E-state index >= 15 is 0 Å². The molecule has 4 nitrogen and oxygen atoms in total. The van der Waals surface area contributed by atoms with Crippen LogP contribution in [0.25, 0.3) is 0 Å². The number of aryl methyl sites for hydroxylation is 1. The Kier molecular flexibility index (Phi) is 6.63. The lowest BCUT2D eigenvalue weighted by molar-refractivity contribution is -0.135. The van der Waals surface area contributed by atoms with Gasteiger partial charge in [0.15, 0.2) is 0 Å². The van der Waals surface area contributed by atoms with Gasteiger partial charge in [-0.2, -0.15) is 0 Å². The topological polar surface area (TPSA) is 40.6 Å². The Morgan fingerprint density at radius 1 is 1.24 bits per heavy atom. The highest BCUT2D eigenvalue weighted by Crippen LogP contribution is 2.35. The second-order valence-corrected chi connectivity index (χ2v) is 7.40. The Bertz CT molecular complexity index is 618. The standard InChI is InChI=1S/C21H32N2O2/c1-6-11-22(12-7-2)21(25)17-13-19(24)23(14-17)20-16(5)9-8-10-18(20)15(3)4/h8-10,15,17H,6-7,11-14H2,1-5H3. The minimum absolute atomic E-state index is 0.0718. The smallest absolute Gasteiger partial charge is 0.228 e. The summed E-state index contributed by atoms with van der Waals surface area (Å²) in [4.78, 5) is 29.4. The predicted octanol–water partition coefficient (Wildman–Crippen LogP) is 4.12. The van der Waals surface area contributed by atoms with Gasteiger partial charge >= 0.3 is 0 Å². The summed E-state index contributed by atoms with van der Waals surface area (Å²) in [6.07, 6.45) is 2.23. The van der Waals surface area contributed by atoms with E-state index in [1.807, 2.05) is 28.9 Å². The molecular formula is C21H32N2O2. The Morgan fingerprint density at radius 2 is 1.88 bits per heavy atom. The van der Waals surface area contributed by atoms with Crippen molar-refractivity contribution < 1.29 is 9.59 Å². The zero-order chi connectivity index (χ0) is 18.6. The van der Waals surface area contributed by atoms with E-state index in [9.17, 15) is 9.59 Å². The van der Waals surface area contributed by atoms with Crippen LogP contribution < -0.4 is 4.90 Å². The lowest BCUT2D eigenvalue weighted by Crippen LogP contribution is -2.38. The molecule has 0 spiro atoms. The van der Waals surface area contributed by atoms with Gasteiger partial charge < -0.3 is 9.80 Å². The average Bonchev–Trinajstić information content (AvgIpc) is 2.95. The summed E-state index contributed by atoms with van der Waals surface area (Å²) in [6.45, 7) is 12.6. The molecule has 1 heterocycles. The average molecular weight is 344 g/mol. The van der Waals surface area contributed by atoms with E-state index in [1.165, 1.54) is 5.56 Å². The molecule has 1 aromatic rings. The molecule has 1 fully saturated rings. The zero-order valence-corrected chi connectivity index (χ0v) is 16.3. The molecule has 1 aromatic carbocycles. The van der Waals surface area contributed by atoms with Gasteiger partial charge in [0.1, 0.15) is 0 Å². The number of carbonyl (C=O) groups excluding carboxylic acids is 2. The number of hydrogen-bond acceptors (Lipinski definition) is 2. The lowest BCUT2D eigenvalue weighted by Gasteiger charge is -2.26. The van der Waals surface area contributed by atoms with Crippen LogP contribution in [0.4, 0.5) is 5.69 Å². The van der Waals surface area contributed by atoms with Crippen molar-refractivity contribution in [2.45, 2.75) is 59.8 Å². The monoisotopic (exact) mass is 344 g/mol. The summed E-state index contributed by atoms with van der Waals surface area (Å²) in [6, 6.07) is 6.18. The number of nitrogens with zero attached hydrogens (tertiary/aromatic N) is 2. The van der Waals surface area contributed by atoms with Crippen LogP contribution in [0.3, 0.4) is 0 Å². The molecule has 138 valence electrons. The number of para-hydroxylation sites is 1. The fourth-order valence-electron chi connectivity index (χ4n) is 3.74. The first-order valence-corrected chi connectivity index (χ1v) is 9.59. The third-order valence-electron chi connectivity index (χ3n) is 4.93. The highest BCUT2D eigenvalue weighted by Gasteiger charge is 2.38. The number of amides is 2. The van der Waals surface area contributed by atoms with Crippen molar-refractivity contribution in [1.82, 2.24) is 4.90 Å². The van der Waals surface area contributed by atoms with Gasteiger partial charge in [-0.1, -0.05) is 45.9 Å². The zero-order valence-electron chi connectivity index (χ0n) is 16.3. The number of hydrogen-bond donors (Lipinski definition) is 0. The number of carbonyl (C=O) groups is 2. The molecule has 1 saturated heterocycles. The Morgan fingerprint density at radius 3 is 2.44 bits per heavy atom. The largest absolute Gasteiger partial charge is 0.342 e. The van der Waals surface area contributed by atoms with Gasteiger partial charge in [0, 0.05) is 31.7 Å². The highest BCUT2D eigenvalue weighted by atomic mass is 16.2. The van der Waals surface area contributed by atoms with E-state index in [0.29, 0.717) is 18.9 Å². The SMILES string of the molecule is CCCN(CCC)C(=O)C1CC(=O)N(c2c(C)cccc2C(C)C)C1. The van der Waals surface area contributed by atoms with Crippen LogP contribution in [0, 0.1) is 12.8 Å². The molecule has 0 saturated carbocycles. The summed E-state index contributed by atoms with van der Waals surface area (Å²) in [5, 5.41) is 0. The summed E-state index contributed by atoms with van der Waals surface area (Å²) in [7, 11) is 0. The van der Waals surface area contributed by atoms with Crippen LogP contribution in [0.5, 0.6) is 0 Å². The Balaban J connectivity index is 2.25. The van der Waals surface area contributed by atoms with Crippen molar-refractivity contribution in [3.8, 4) is 0 Å². The lowest BCUT2D eigenvalue weighted by atomic mass is 9.97. The first-order valence-electron chi connectivity index (χ1n) is 9.59. The van der Waals surface area contributed by atoms with Crippen molar-refractivity contribution in [3.63, 3.8) is 0 Å². The summed E-state index contributed by atoms with van der Waals surface area (Å²) in [5.41, 5.74) is 3.29. The first-order chi connectivity index (χ1) is 11.9.